The molecule has 0 radical (unpaired) electrons. The van der Waals surface area contributed by atoms with Crippen LogP contribution in [0.25, 0.3) is 0 Å². The predicted octanol–water partition coefficient (Wildman–Crippen LogP) is 3.80. The maximum atomic E-state index is 11.3. The molecule has 0 amide bonds. The monoisotopic (exact) mass is 380 g/mol. The van der Waals surface area contributed by atoms with Crippen LogP contribution in [0.3, 0.4) is 0 Å². The molecule has 19 heavy (non-hydrogen) atoms. The minimum atomic E-state index is -0.00797. The van der Waals surface area contributed by atoms with E-state index >= 15 is 0 Å². The summed E-state index contributed by atoms with van der Waals surface area (Å²) in [6.07, 6.45) is 14.3. The van der Waals surface area contributed by atoms with Gasteiger partial charge in [-0.3, -0.25) is 4.79 Å². The van der Waals surface area contributed by atoms with Gasteiger partial charge >= 0.3 is 29.9 Å². The Morgan fingerprint density at radius 3 is 1.74 bits per heavy atom. The normalized spacial score (nSPS) is 10.0. The first-order valence-electron chi connectivity index (χ1n) is 7.96. The Morgan fingerprint density at radius 2 is 1.21 bits per heavy atom. The van der Waals surface area contributed by atoms with E-state index in [2.05, 4.69) is 13.8 Å². The molecule has 116 valence electrons. The number of carbonyl (C=O) groups excluding carboxylic acids is 1. The maximum absolute atomic E-state index is 11.3. The second-order valence-electron chi connectivity index (χ2n) is 5.15. The fourth-order valence-corrected chi connectivity index (χ4v) is 1.98. The molecule has 0 aliphatic heterocycles. The quantitative estimate of drug-likeness (QED) is 0.277. The van der Waals surface area contributed by atoms with Crippen LogP contribution in [0.2, 0.25) is 0 Å². The van der Waals surface area contributed by atoms with E-state index in [1.54, 1.807) is 0 Å². The van der Waals surface area contributed by atoms with Gasteiger partial charge in [0.15, 0.2) is 0 Å². The van der Waals surface area contributed by atoms with Crippen molar-refractivity contribution in [1.82, 2.24) is 0 Å². The van der Waals surface area contributed by atoms with E-state index in [0.717, 1.165) is 19.3 Å². The summed E-state index contributed by atoms with van der Waals surface area (Å²) in [5, 5.41) is 0. The van der Waals surface area contributed by atoms with E-state index in [-0.39, 0.29) is 29.9 Å². The molecule has 0 saturated heterocycles. The minimum absolute atomic E-state index is 0. The van der Waals surface area contributed by atoms with E-state index < -0.39 is 0 Å². The van der Waals surface area contributed by atoms with Crippen LogP contribution in [0.15, 0.2) is 0 Å². The van der Waals surface area contributed by atoms with Crippen molar-refractivity contribution < 1.29 is 9.53 Å². The Hall–Kier alpha value is 0.269. The summed E-state index contributed by atoms with van der Waals surface area (Å²) in [4.78, 5) is 11.3. The standard InChI is InChI=1S/C16H32O2.Sn.4H/c1-3-5-7-8-9-10-11-12-13-14-16(17)18-15-6-4-2;;;;;/h3-15H2,1-2H3;;;;;. The number of hydrogen-bond acceptors (Lipinski definition) is 2. The molecule has 0 atom stereocenters. The second-order valence-corrected chi connectivity index (χ2v) is 5.15. The molecule has 0 aliphatic rings. The van der Waals surface area contributed by atoms with Gasteiger partial charge in [0.2, 0.25) is 0 Å². The summed E-state index contributed by atoms with van der Waals surface area (Å²) in [7, 11) is 0. The molecule has 3 heteroatoms. The summed E-state index contributed by atoms with van der Waals surface area (Å²) in [6.45, 7) is 4.96. The summed E-state index contributed by atoms with van der Waals surface area (Å²) in [6, 6.07) is 0. The molecule has 0 unspecified atom stereocenters. The first-order valence-corrected chi connectivity index (χ1v) is 7.96. The zero-order valence-corrected chi connectivity index (χ0v) is 12.5. The number of hydrogen-bond donors (Lipinski definition) is 0. The molecular formula is C16H36O2Sn. The van der Waals surface area contributed by atoms with Gasteiger partial charge in [0.25, 0.3) is 0 Å². The molecule has 0 fully saturated rings. The molecule has 0 aromatic heterocycles. The molecule has 0 aromatic rings. The van der Waals surface area contributed by atoms with Gasteiger partial charge < -0.3 is 4.74 Å². The van der Waals surface area contributed by atoms with Gasteiger partial charge in [-0.1, -0.05) is 71.6 Å². The summed E-state index contributed by atoms with van der Waals surface area (Å²) >= 11 is 0. The van der Waals surface area contributed by atoms with E-state index in [1.165, 1.54) is 51.4 Å². The Morgan fingerprint density at radius 1 is 0.737 bits per heavy atom. The van der Waals surface area contributed by atoms with Gasteiger partial charge in [0.05, 0.1) is 6.61 Å². The average Bonchev–Trinajstić information content (AvgIpc) is 2.37. The fourth-order valence-electron chi connectivity index (χ4n) is 1.98. The SMILES string of the molecule is CCCCCCCCCCCC(=O)OCCCC.[SnH4]. The molecule has 0 aliphatic carbocycles. The predicted molar refractivity (Wildman–Crippen MR) is 89.0 cm³/mol. The van der Waals surface area contributed by atoms with Crippen molar-refractivity contribution in [3.05, 3.63) is 0 Å². The summed E-state index contributed by atoms with van der Waals surface area (Å²) in [5.74, 6) is -0.00797. The van der Waals surface area contributed by atoms with Crippen molar-refractivity contribution in [1.29, 1.82) is 0 Å². The number of rotatable bonds is 13. The Bertz CT molecular complexity index is 184. The van der Waals surface area contributed by atoms with Crippen LogP contribution in [0.4, 0.5) is 0 Å². The Labute approximate surface area is 137 Å². The van der Waals surface area contributed by atoms with Crippen LogP contribution in [0.5, 0.6) is 0 Å². The van der Waals surface area contributed by atoms with Crippen LogP contribution < -0.4 is 0 Å². The van der Waals surface area contributed by atoms with E-state index in [9.17, 15) is 4.79 Å². The van der Waals surface area contributed by atoms with Crippen molar-refractivity contribution in [2.75, 3.05) is 6.61 Å². The van der Waals surface area contributed by atoms with Crippen molar-refractivity contribution >= 4 is 29.9 Å². The van der Waals surface area contributed by atoms with Gasteiger partial charge in [0, 0.05) is 6.42 Å². The Kier molecular flexibility index (Phi) is 20.7. The van der Waals surface area contributed by atoms with Crippen molar-refractivity contribution in [2.24, 2.45) is 0 Å². The molecule has 0 aromatic carbocycles. The molecule has 0 N–H and O–H groups in total. The first kappa shape index (κ1) is 21.6. The molecule has 0 heterocycles. The number of esters is 1. The van der Waals surface area contributed by atoms with Crippen LogP contribution in [-0.4, -0.2) is 36.5 Å². The molecular weight excluding hydrogens is 343 g/mol. The fraction of sp³-hybridized carbons (Fsp3) is 0.938. The third-order valence-electron chi connectivity index (χ3n) is 3.25. The van der Waals surface area contributed by atoms with E-state index in [4.69, 9.17) is 4.74 Å². The molecule has 0 rings (SSSR count). The number of ether oxygens (including phenoxy) is 1. The van der Waals surface area contributed by atoms with Crippen LogP contribution in [-0.2, 0) is 9.53 Å². The third-order valence-corrected chi connectivity index (χ3v) is 3.25. The van der Waals surface area contributed by atoms with E-state index in [0.29, 0.717) is 13.0 Å². The molecule has 0 saturated carbocycles. The Balaban J connectivity index is 0. The van der Waals surface area contributed by atoms with E-state index in [1.807, 2.05) is 0 Å². The average molecular weight is 379 g/mol. The summed E-state index contributed by atoms with van der Waals surface area (Å²) < 4.78 is 5.12. The van der Waals surface area contributed by atoms with Crippen LogP contribution >= 0.6 is 0 Å². The number of unbranched alkanes of at least 4 members (excludes halogenated alkanes) is 9. The second kappa shape index (κ2) is 18.3. The van der Waals surface area contributed by atoms with Gasteiger partial charge in [0.1, 0.15) is 0 Å². The van der Waals surface area contributed by atoms with Gasteiger partial charge in [-0.2, -0.15) is 0 Å². The molecule has 0 spiro atoms. The molecule has 2 nitrogen and oxygen atoms in total. The van der Waals surface area contributed by atoms with Crippen molar-refractivity contribution in [3.63, 3.8) is 0 Å². The van der Waals surface area contributed by atoms with Gasteiger partial charge in [-0.05, 0) is 12.8 Å². The van der Waals surface area contributed by atoms with Gasteiger partial charge in [-0.25, -0.2) is 0 Å². The van der Waals surface area contributed by atoms with Gasteiger partial charge in [-0.15, -0.1) is 0 Å². The zero-order valence-electron chi connectivity index (χ0n) is 12.5. The van der Waals surface area contributed by atoms with Crippen molar-refractivity contribution in [3.8, 4) is 0 Å². The van der Waals surface area contributed by atoms with Crippen LogP contribution in [0, 0.1) is 0 Å². The third kappa shape index (κ3) is 18.3. The zero-order chi connectivity index (χ0) is 13.5. The summed E-state index contributed by atoms with van der Waals surface area (Å²) in [5.41, 5.74) is 0. The number of carbonyl (C=O) groups is 1. The van der Waals surface area contributed by atoms with Crippen molar-refractivity contribution in [2.45, 2.75) is 90.9 Å². The topological polar surface area (TPSA) is 26.3 Å². The molecule has 0 bridgehead atoms. The van der Waals surface area contributed by atoms with Crippen LogP contribution in [0.1, 0.15) is 90.9 Å². The first-order chi connectivity index (χ1) is 8.81.